The Morgan fingerprint density at radius 3 is 2.37 bits per heavy atom. The van der Waals surface area contributed by atoms with E-state index in [1.807, 2.05) is 19.1 Å². The van der Waals surface area contributed by atoms with E-state index < -0.39 is 15.9 Å². The first-order chi connectivity index (χ1) is 9.08. The molecule has 0 aliphatic carbocycles. The van der Waals surface area contributed by atoms with Gasteiger partial charge in [-0.2, -0.15) is 0 Å². The highest BCUT2D eigenvalue weighted by Gasteiger charge is 2.17. The van der Waals surface area contributed by atoms with Crippen LogP contribution >= 0.6 is 0 Å². The molecule has 2 aromatic carbocycles. The summed E-state index contributed by atoms with van der Waals surface area (Å²) in [7, 11) is -1.66. The summed E-state index contributed by atoms with van der Waals surface area (Å²) in [6, 6.07) is 13.3. The van der Waals surface area contributed by atoms with Crippen molar-refractivity contribution < 1.29 is 9.13 Å². The van der Waals surface area contributed by atoms with Gasteiger partial charge in [0.25, 0.3) is 5.69 Å². The molecule has 0 spiro atoms. The molecule has 0 saturated heterocycles. The predicted molar refractivity (Wildman–Crippen MR) is 74.3 cm³/mol. The van der Waals surface area contributed by atoms with Crippen LogP contribution in [0.4, 0.5) is 11.4 Å². The maximum absolute atomic E-state index is 12.1. The molecule has 0 aliphatic heterocycles. The number of para-hydroxylation sites is 1. The summed E-state index contributed by atoms with van der Waals surface area (Å²) < 4.78 is 14.9. The van der Waals surface area contributed by atoms with Gasteiger partial charge in [-0.05, 0) is 25.1 Å². The molecule has 19 heavy (non-hydrogen) atoms. The summed E-state index contributed by atoms with van der Waals surface area (Å²) in [5.41, 5.74) is 1.59. The number of rotatable bonds is 4. The summed E-state index contributed by atoms with van der Waals surface area (Å²) in [5, 5.41) is 10.9. The highest BCUT2D eigenvalue weighted by atomic mass is 32.2. The third-order valence-electron chi connectivity index (χ3n) is 2.52. The number of hydrogen-bond donors (Lipinski definition) is 1. The first-order valence-corrected chi connectivity index (χ1v) is 6.71. The van der Waals surface area contributed by atoms with Crippen LogP contribution in [-0.4, -0.2) is 9.13 Å². The average Bonchev–Trinajstić information content (AvgIpc) is 2.41. The number of nitrogens with one attached hydrogen (secondary N) is 1. The lowest BCUT2D eigenvalue weighted by Gasteiger charge is -2.06. The molecule has 98 valence electrons. The zero-order valence-electron chi connectivity index (χ0n) is 10.2. The molecule has 0 heterocycles. The average molecular weight is 276 g/mol. The van der Waals surface area contributed by atoms with Crippen molar-refractivity contribution in [1.29, 1.82) is 0 Å². The first-order valence-electron chi connectivity index (χ1n) is 5.56. The van der Waals surface area contributed by atoms with Crippen LogP contribution in [0.3, 0.4) is 0 Å². The summed E-state index contributed by atoms with van der Waals surface area (Å²) in [4.78, 5) is 10.5. The topological polar surface area (TPSA) is 72.2 Å². The minimum absolute atomic E-state index is 0.152. The number of benzene rings is 2. The van der Waals surface area contributed by atoms with Gasteiger partial charge in [0, 0.05) is 11.8 Å². The van der Waals surface area contributed by atoms with Crippen LogP contribution < -0.4 is 4.72 Å². The monoisotopic (exact) mass is 276 g/mol. The smallest absolute Gasteiger partial charge is 0.287 e. The third-order valence-corrected chi connectivity index (χ3v) is 3.69. The number of nitro benzene ring substituents is 1. The van der Waals surface area contributed by atoms with Crippen molar-refractivity contribution in [3.8, 4) is 0 Å². The molecular formula is C13H12N2O3S. The standard InChI is InChI=1S/C13H12N2O3S/c1-10-6-8-11(9-7-10)14-19(18)13-5-3-2-4-12(13)15(16)17/h2-9,14H,1H3. The number of hydrogen-bond acceptors (Lipinski definition) is 3. The molecule has 0 aliphatic rings. The third kappa shape index (κ3) is 3.17. The molecule has 6 heteroatoms. The fourth-order valence-corrected chi connectivity index (χ4v) is 2.54. The first kappa shape index (κ1) is 13.2. The van der Waals surface area contributed by atoms with Gasteiger partial charge in [-0.3, -0.25) is 10.1 Å². The predicted octanol–water partition coefficient (Wildman–Crippen LogP) is 3.04. The quantitative estimate of drug-likeness (QED) is 0.689. The van der Waals surface area contributed by atoms with Crippen molar-refractivity contribution in [3.63, 3.8) is 0 Å². The molecule has 2 rings (SSSR count). The molecule has 1 N–H and O–H groups in total. The van der Waals surface area contributed by atoms with Gasteiger partial charge < -0.3 is 4.72 Å². The van der Waals surface area contributed by atoms with Crippen LogP contribution in [0.15, 0.2) is 53.4 Å². The molecule has 1 atom stereocenters. The van der Waals surface area contributed by atoms with Crippen molar-refractivity contribution in [2.75, 3.05) is 4.72 Å². The lowest BCUT2D eigenvalue weighted by atomic mass is 10.2. The van der Waals surface area contributed by atoms with E-state index in [0.717, 1.165) is 5.56 Å². The van der Waals surface area contributed by atoms with E-state index >= 15 is 0 Å². The molecule has 0 aromatic heterocycles. The zero-order valence-corrected chi connectivity index (χ0v) is 11.0. The van der Waals surface area contributed by atoms with Crippen LogP contribution in [0.25, 0.3) is 0 Å². The molecule has 0 bridgehead atoms. The lowest BCUT2D eigenvalue weighted by Crippen LogP contribution is -2.07. The second-order valence-corrected chi connectivity index (χ2v) is 5.14. The Kier molecular flexibility index (Phi) is 3.91. The van der Waals surface area contributed by atoms with E-state index in [4.69, 9.17) is 0 Å². The van der Waals surface area contributed by atoms with Crippen molar-refractivity contribution in [2.45, 2.75) is 11.8 Å². The van der Waals surface area contributed by atoms with Crippen LogP contribution in [0.2, 0.25) is 0 Å². The summed E-state index contributed by atoms with van der Waals surface area (Å²) in [5.74, 6) is 0. The summed E-state index contributed by atoms with van der Waals surface area (Å²) in [6.45, 7) is 1.95. The number of anilines is 1. The van der Waals surface area contributed by atoms with Crippen LogP contribution in [0.1, 0.15) is 5.56 Å². The SMILES string of the molecule is Cc1ccc(NS(=O)c2ccccc2[N+](=O)[O-])cc1. The maximum atomic E-state index is 12.1. The van der Waals surface area contributed by atoms with Crippen LogP contribution in [-0.2, 0) is 11.0 Å². The van der Waals surface area contributed by atoms with Crippen molar-refractivity contribution in [1.82, 2.24) is 0 Å². The molecular weight excluding hydrogens is 264 g/mol. The number of aryl methyl sites for hydroxylation is 1. The lowest BCUT2D eigenvalue weighted by molar-refractivity contribution is -0.387. The Bertz CT molecular complexity index is 626. The van der Waals surface area contributed by atoms with Crippen molar-refractivity contribution in [2.24, 2.45) is 0 Å². The Balaban J connectivity index is 2.25. The molecule has 0 amide bonds. The van der Waals surface area contributed by atoms with E-state index in [2.05, 4.69) is 4.72 Å². The van der Waals surface area contributed by atoms with E-state index in [1.54, 1.807) is 24.3 Å². The summed E-state index contributed by atoms with van der Waals surface area (Å²) >= 11 is 0. The minimum Gasteiger partial charge on any atom is -0.301 e. The minimum atomic E-state index is -1.66. The van der Waals surface area contributed by atoms with Crippen LogP contribution in [0, 0.1) is 17.0 Å². The molecule has 2 aromatic rings. The molecule has 0 saturated carbocycles. The van der Waals surface area contributed by atoms with Gasteiger partial charge >= 0.3 is 0 Å². The highest BCUT2D eigenvalue weighted by molar-refractivity contribution is 7.86. The van der Waals surface area contributed by atoms with Gasteiger partial charge in [-0.15, -0.1) is 0 Å². The second kappa shape index (κ2) is 5.62. The highest BCUT2D eigenvalue weighted by Crippen LogP contribution is 2.22. The molecule has 0 fully saturated rings. The van der Waals surface area contributed by atoms with Gasteiger partial charge in [0.2, 0.25) is 0 Å². The number of nitro groups is 1. The van der Waals surface area contributed by atoms with Gasteiger partial charge in [0.1, 0.15) is 4.90 Å². The van der Waals surface area contributed by atoms with Gasteiger partial charge in [0.15, 0.2) is 11.0 Å². The Labute approximate surface area is 113 Å². The molecule has 1 unspecified atom stereocenters. The van der Waals surface area contributed by atoms with Gasteiger partial charge in [0.05, 0.1) is 4.92 Å². The zero-order chi connectivity index (χ0) is 13.8. The Morgan fingerprint density at radius 2 is 1.74 bits per heavy atom. The fourth-order valence-electron chi connectivity index (χ4n) is 1.55. The van der Waals surface area contributed by atoms with E-state index in [9.17, 15) is 14.3 Å². The Morgan fingerprint density at radius 1 is 1.11 bits per heavy atom. The Hall–Kier alpha value is -2.21. The van der Waals surface area contributed by atoms with Gasteiger partial charge in [-0.1, -0.05) is 29.8 Å². The second-order valence-electron chi connectivity index (χ2n) is 3.96. The fraction of sp³-hybridized carbons (Fsp3) is 0.0769. The largest absolute Gasteiger partial charge is 0.301 e. The normalized spacial score (nSPS) is 11.8. The maximum Gasteiger partial charge on any atom is 0.287 e. The number of nitrogens with zero attached hydrogens (tertiary/aromatic N) is 1. The van der Waals surface area contributed by atoms with E-state index in [-0.39, 0.29) is 10.6 Å². The van der Waals surface area contributed by atoms with Crippen molar-refractivity contribution >= 4 is 22.4 Å². The van der Waals surface area contributed by atoms with Crippen LogP contribution in [0.5, 0.6) is 0 Å². The van der Waals surface area contributed by atoms with Gasteiger partial charge in [-0.25, -0.2) is 4.21 Å². The van der Waals surface area contributed by atoms with E-state index in [1.165, 1.54) is 12.1 Å². The molecule has 0 radical (unpaired) electrons. The van der Waals surface area contributed by atoms with E-state index in [0.29, 0.717) is 5.69 Å². The molecule has 5 nitrogen and oxygen atoms in total. The van der Waals surface area contributed by atoms with Crippen molar-refractivity contribution in [3.05, 3.63) is 64.2 Å². The summed E-state index contributed by atoms with van der Waals surface area (Å²) in [6.07, 6.45) is 0.